The topological polar surface area (TPSA) is 58.4 Å². The molecule has 0 saturated heterocycles. The molecule has 0 saturated carbocycles. The first-order valence-corrected chi connectivity index (χ1v) is 6.44. The van der Waals surface area contributed by atoms with Gasteiger partial charge in [-0.15, -0.1) is 0 Å². The molecule has 0 radical (unpaired) electrons. The molecule has 0 aromatic heterocycles. The van der Waals surface area contributed by atoms with Gasteiger partial charge in [0.15, 0.2) is 0 Å². The molecule has 17 heavy (non-hydrogen) atoms. The van der Waals surface area contributed by atoms with Crippen molar-refractivity contribution >= 4 is 23.1 Å². The number of nitrogens with two attached hydrogens (primary N) is 1. The van der Waals surface area contributed by atoms with Crippen LogP contribution in [0.3, 0.4) is 0 Å². The van der Waals surface area contributed by atoms with Crippen molar-refractivity contribution in [1.29, 1.82) is 0 Å². The Balaban J connectivity index is 4.54. The molecule has 0 heterocycles. The number of amides is 1. The Kier molecular flexibility index (Phi) is 7.30. The van der Waals surface area contributed by atoms with E-state index in [1.807, 2.05) is 21.0 Å². The first-order chi connectivity index (χ1) is 7.79. The van der Waals surface area contributed by atoms with Crippen molar-refractivity contribution in [3.8, 4) is 0 Å². The van der Waals surface area contributed by atoms with Gasteiger partial charge in [0, 0.05) is 12.6 Å². The minimum absolute atomic E-state index is 0.0550. The van der Waals surface area contributed by atoms with Gasteiger partial charge in [-0.05, 0) is 26.4 Å². The lowest BCUT2D eigenvalue weighted by Crippen LogP contribution is -2.48. The maximum absolute atomic E-state index is 12.0. The van der Waals surface area contributed by atoms with Gasteiger partial charge in [0.25, 0.3) is 0 Å². The maximum atomic E-state index is 12.0. The SMILES string of the molecule is CCC(C(=O)NC(CN(C)C)C(C)C)C(N)=S. The van der Waals surface area contributed by atoms with Crippen molar-refractivity contribution in [2.24, 2.45) is 17.6 Å². The first-order valence-electron chi connectivity index (χ1n) is 6.04. The van der Waals surface area contributed by atoms with E-state index in [2.05, 4.69) is 24.1 Å². The molecule has 5 heteroatoms. The van der Waals surface area contributed by atoms with Crippen LogP contribution in [0.4, 0.5) is 0 Å². The standard InChI is InChI=1S/C12H25N3OS/c1-6-9(11(13)17)12(16)14-10(8(2)3)7-15(4)5/h8-10H,6-7H2,1-5H3,(H2,13,17)(H,14,16). The first kappa shape index (κ1) is 16.3. The van der Waals surface area contributed by atoms with Gasteiger partial charge in [-0.25, -0.2) is 0 Å². The van der Waals surface area contributed by atoms with Gasteiger partial charge in [0.05, 0.1) is 10.9 Å². The summed E-state index contributed by atoms with van der Waals surface area (Å²) in [7, 11) is 3.98. The summed E-state index contributed by atoms with van der Waals surface area (Å²) in [6, 6.07) is 0.126. The minimum atomic E-state index is -0.353. The lowest BCUT2D eigenvalue weighted by molar-refractivity contribution is -0.124. The Labute approximate surface area is 110 Å². The molecule has 0 spiro atoms. The third-order valence-electron chi connectivity index (χ3n) is 2.76. The van der Waals surface area contributed by atoms with E-state index in [0.717, 1.165) is 6.54 Å². The number of nitrogens with zero attached hydrogens (tertiary/aromatic N) is 1. The smallest absolute Gasteiger partial charge is 0.230 e. The second-order valence-corrected chi connectivity index (χ2v) is 5.46. The van der Waals surface area contributed by atoms with E-state index in [1.165, 1.54) is 0 Å². The maximum Gasteiger partial charge on any atom is 0.230 e. The molecule has 1 amide bonds. The summed E-state index contributed by atoms with van der Waals surface area (Å²) in [4.78, 5) is 14.4. The highest BCUT2D eigenvalue weighted by molar-refractivity contribution is 7.80. The monoisotopic (exact) mass is 259 g/mol. The highest BCUT2D eigenvalue weighted by atomic mass is 32.1. The van der Waals surface area contributed by atoms with Crippen LogP contribution in [0.25, 0.3) is 0 Å². The summed E-state index contributed by atoms with van der Waals surface area (Å²) in [5.41, 5.74) is 5.56. The largest absolute Gasteiger partial charge is 0.393 e. The number of carbonyl (C=O) groups is 1. The number of hydrogen-bond donors (Lipinski definition) is 2. The molecule has 3 N–H and O–H groups in total. The van der Waals surface area contributed by atoms with Gasteiger partial charge in [0.2, 0.25) is 5.91 Å². The Bertz CT molecular complexity index is 266. The summed E-state index contributed by atoms with van der Waals surface area (Å²) in [5, 5.41) is 3.03. The normalized spacial score (nSPS) is 14.8. The van der Waals surface area contributed by atoms with Crippen LogP contribution in [0.1, 0.15) is 27.2 Å². The zero-order valence-electron chi connectivity index (χ0n) is 11.5. The average molecular weight is 259 g/mol. The molecule has 0 bridgehead atoms. The molecule has 0 aliphatic heterocycles. The highest BCUT2D eigenvalue weighted by Crippen LogP contribution is 2.07. The van der Waals surface area contributed by atoms with Crippen LogP contribution in [0.5, 0.6) is 0 Å². The van der Waals surface area contributed by atoms with Crippen molar-refractivity contribution < 1.29 is 4.79 Å². The second-order valence-electron chi connectivity index (χ2n) is 4.98. The Morgan fingerprint density at radius 1 is 1.41 bits per heavy atom. The van der Waals surface area contributed by atoms with Gasteiger partial charge in [-0.1, -0.05) is 33.0 Å². The van der Waals surface area contributed by atoms with Crippen LogP contribution in [0.2, 0.25) is 0 Å². The number of likely N-dealkylation sites (N-methyl/N-ethyl adjacent to an activating group) is 1. The fourth-order valence-corrected chi connectivity index (χ4v) is 1.89. The molecule has 0 aromatic rings. The summed E-state index contributed by atoms with van der Waals surface area (Å²) >= 11 is 4.91. The van der Waals surface area contributed by atoms with Crippen LogP contribution in [-0.4, -0.2) is 42.5 Å². The van der Waals surface area contributed by atoms with E-state index in [-0.39, 0.29) is 22.9 Å². The predicted molar refractivity (Wildman–Crippen MR) is 75.9 cm³/mol. The second kappa shape index (κ2) is 7.61. The van der Waals surface area contributed by atoms with E-state index >= 15 is 0 Å². The molecule has 2 atom stereocenters. The zero-order chi connectivity index (χ0) is 13.6. The van der Waals surface area contributed by atoms with Gasteiger partial charge in [-0.3, -0.25) is 4.79 Å². The lowest BCUT2D eigenvalue weighted by Gasteiger charge is -2.27. The summed E-state index contributed by atoms with van der Waals surface area (Å²) in [6.07, 6.45) is 0.647. The van der Waals surface area contributed by atoms with Crippen LogP contribution in [0.15, 0.2) is 0 Å². The van der Waals surface area contributed by atoms with E-state index in [0.29, 0.717) is 12.3 Å². The Hall–Kier alpha value is -0.680. The van der Waals surface area contributed by atoms with Crippen molar-refractivity contribution in [2.75, 3.05) is 20.6 Å². The van der Waals surface area contributed by atoms with Crippen molar-refractivity contribution in [2.45, 2.75) is 33.2 Å². The summed E-state index contributed by atoms with van der Waals surface area (Å²) in [6.45, 7) is 6.92. The summed E-state index contributed by atoms with van der Waals surface area (Å²) < 4.78 is 0. The number of thiocarbonyl (C=S) groups is 1. The third-order valence-corrected chi connectivity index (χ3v) is 3.05. The highest BCUT2D eigenvalue weighted by Gasteiger charge is 2.23. The van der Waals surface area contributed by atoms with Gasteiger partial charge in [-0.2, -0.15) is 0 Å². The van der Waals surface area contributed by atoms with E-state index < -0.39 is 0 Å². The molecule has 0 aliphatic carbocycles. The molecule has 0 rings (SSSR count). The van der Waals surface area contributed by atoms with Gasteiger partial charge < -0.3 is 16.0 Å². The number of rotatable bonds is 7. The average Bonchev–Trinajstić information content (AvgIpc) is 2.15. The van der Waals surface area contributed by atoms with Crippen LogP contribution >= 0.6 is 12.2 Å². The lowest BCUT2D eigenvalue weighted by atomic mass is 10.0. The number of nitrogens with one attached hydrogen (secondary N) is 1. The molecule has 2 unspecified atom stereocenters. The zero-order valence-corrected chi connectivity index (χ0v) is 12.3. The molecule has 0 aliphatic rings. The van der Waals surface area contributed by atoms with Crippen molar-refractivity contribution in [3.63, 3.8) is 0 Å². The molecule has 100 valence electrons. The third kappa shape index (κ3) is 5.98. The minimum Gasteiger partial charge on any atom is -0.393 e. The molecular formula is C12H25N3OS. The molecule has 0 aromatic carbocycles. The predicted octanol–water partition coefficient (Wildman–Crippen LogP) is 1.00. The molecule has 4 nitrogen and oxygen atoms in total. The Morgan fingerprint density at radius 2 is 1.94 bits per heavy atom. The number of hydrogen-bond acceptors (Lipinski definition) is 3. The van der Waals surface area contributed by atoms with E-state index in [1.54, 1.807) is 0 Å². The van der Waals surface area contributed by atoms with E-state index in [4.69, 9.17) is 18.0 Å². The number of carbonyl (C=O) groups excluding carboxylic acids is 1. The van der Waals surface area contributed by atoms with Crippen LogP contribution in [-0.2, 0) is 4.79 Å². The quantitative estimate of drug-likeness (QED) is 0.670. The molecular weight excluding hydrogens is 234 g/mol. The van der Waals surface area contributed by atoms with Crippen molar-refractivity contribution in [1.82, 2.24) is 10.2 Å². The van der Waals surface area contributed by atoms with E-state index in [9.17, 15) is 4.79 Å². The van der Waals surface area contributed by atoms with Crippen LogP contribution in [0, 0.1) is 11.8 Å². The summed E-state index contributed by atoms with van der Waals surface area (Å²) in [5.74, 6) is -0.0286. The fourth-order valence-electron chi connectivity index (χ4n) is 1.62. The Morgan fingerprint density at radius 3 is 2.24 bits per heavy atom. The fraction of sp³-hybridized carbons (Fsp3) is 0.833. The van der Waals surface area contributed by atoms with Gasteiger partial charge >= 0.3 is 0 Å². The van der Waals surface area contributed by atoms with Gasteiger partial charge in [0.1, 0.15) is 0 Å². The molecule has 0 fully saturated rings. The van der Waals surface area contributed by atoms with Crippen molar-refractivity contribution in [3.05, 3.63) is 0 Å². The van der Waals surface area contributed by atoms with Crippen LogP contribution < -0.4 is 11.1 Å².